The maximum absolute atomic E-state index is 13.8. The Hall–Kier alpha value is -1.55. The zero-order chi connectivity index (χ0) is 12.4. The highest BCUT2D eigenvalue weighted by Gasteiger charge is 2.12. The minimum Gasteiger partial charge on any atom is -0.298 e. The lowest BCUT2D eigenvalue weighted by atomic mass is 10.0. The number of rotatable bonds is 2. The molecule has 0 saturated heterocycles. The van der Waals surface area contributed by atoms with Gasteiger partial charge in [-0.2, -0.15) is 0 Å². The summed E-state index contributed by atoms with van der Waals surface area (Å²) >= 11 is 3.04. The molecule has 2 aromatic carbocycles. The van der Waals surface area contributed by atoms with Gasteiger partial charge >= 0.3 is 0 Å². The van der Waals surface area contributed by atoms with Crippen LogP contribution in [-0.2, 0) is 0 Å². The van der Waals surface area contributed by atoms with Crippen molar-refractivity contribution in [2.45, 2.75) is 0 Å². The number of aldehydes is 1. The van der Waals surface area contributed by atoms with Crippen LogP contribution in [0.25, 0.3) is 11.1 Å². The second-order valence-electron chi connectivity index (χ2n) is 3.46. The summed E-state index contributed by atoms with van der Waals surface area (Å²) in [5, 5.41) is 0. The standard InChI is InChI=1S/C13H7BrF2O/c14-11-3-1-2-9(13(11)16)10-6-8(7-17)4-5-12(10)15/h1-7H. The van der Waals surface area contributed by atoms with Crippen molar-refractivity contribution in [3.05, 3.63) is 58.1 Å². The summed E-state index contributed by atoms with van der Waals surface area (Å²) in [5.74, 6) is -1.11. The lowest BCUT2D eigenvalue weighted by molar-refractivity contribution is 0.112. The van der Waals surface area contributed by atoms with Crippen molar-refractivity contribution in [1.82, 2.24) is 0 Å². The van der Waals surface area contributed by atoms with Crippen molar-refractivity contribution < 1.29 is 13.6 Å². The molecule has 0 aliphatic rings. The summed E-state index contributed by atoms with van der Waals surface area (Å²) in [4.78, 5) is 10.6. The SMILES string of the molecule is O=Cc1ccc(F)c(-c2cccc(Br)c2F)c1. The van der Waals surface area contributed by atoms with Crippen LogP contribution in [0.3, 0.4) is 0 Å². The van der Waals surface area contributed by atoms with E-state index in [1.54, 1.807) is 6.07 Å². The van der Waals surface area contributed by atoms with E-state index in [0.717, 1.165) is 6.07 Å². The molecule has 0 amide bonds. The van der Waals surface area contributed by atoms with Crippen LogP contribution in [0, 0.1) is 11.6 Å². The normalized spacial score (nSPS) is 10.3. The van der Waals surface area contributed by atoms with E-state index in [2.05, 4.69) is 15.9 Å². The molecule has 0 aliphatic heterocycles. The molecule has 0 unspecified atom stereocenters. The molecule has 0 atom stereocenters. The molecule has 1 nitrogen and oxygen atoms in total. The molecular formula is C13H7BrF2O. The van der Waals surface area contributed by atoms with Crippen molar-refractivity contribution in [1.29, 1.82) is 0 Å². The highest BCUT2D eigenvalue weighted by atomic mass is 79.9. The van der Waals surface area contributed by atoms with Gasteiger partial charge in [0.05, 0.1) is 4.47 Å². The Labute approximate surface area is 105 Å². The molecule has 0 radical (unpaired) electrons. The molecule has 0 aliphatic carbocycles. The maximum atomic E-state index is 13.8. The number of carbonyl (C=O) groups excluding carboxylic acids is 1. The van der Waals surface area contributed by atoms with Gasteiger partial charge in [-0.05, 0) is 40.2 Å². The zero-order valence-corrected chi connectivity index (χ0v) is 10.2. The maximum Gasteiger partial charge on any atom is 0.150 e. The fraction of sp³-hybridized carbons (Fsp3) is 0. The van der Waals surface area contributed by atoms with Gasteiger partial charge in [0.2, 0.25) is 0 Å². The predicted molar refractivity (Wildman–Crippen MR) is 64.9 cm³/mol. The molecule has 0 heterocycles. The summed E-state index contributed by atoms with van der Waals surface area (Å²) in [5.41, 5.74) is 0.509. The van der Waals surface area contributed by atoms with E-state index in [9.17, 15) is 13.6 Å². The third kappa shape index (κ3) is 2.26. The summed E-state index contributed by atoms with van der Waals surface area (Å²) in [7, 11) is 0. The fourth-order valence-electron chi connectivity index (χ4n) is 1.53. The van der Waals surface area contributed by atoms with Crippen LogP contribution in [0.5, 0.6) is 0 Å². The molecule has 2 aromatic rings. The molecule has 0 N–H and O–H groups in total. The molecular weight excluding hydrogens is 290 g/mol. The van der Waals surface area contributed by atoms with Crippen molar-refractivity contribution in [3.8, 4) is 11.1 Å². The number of benzene rings is 2. The van der Waals surface area contributed by atoms with Gasteiger partial charge in [-0.3, -0.25) is 4.79 Å². The number of carbonyl (C=O) groups is 1. The molecule has 0 spiro atoms. The molecule has 2 rings (SSSR count). The molecule has 86 valence electrons. The second-order valence-corrected chi connectivity index (χ2v) is 4.31. The Balaban J connectivity index is 2.67. The Bertz CT molecular complexity index is 582. The van der Waals surface area contributed by atoms with Gasteiger partial charge in [0.15, 0.2) is 0 Å². The van der Waals surface area contributed by atoms with Crippen LogP contribution >= 0.6 is 15.9 Å². The Kier molecular flexibility index (Phi) is 3.33. The van der Waals surface area contributed by atoms with Gasteiger partial charge in [-0.1, -0.05) is 12.1 Å². The van der Waals surface area contributed by atoms with Crippen LogP contribution < -0.4 is 0 Å². The Morgan fingerprint density at radius 2 is 1.82 bits per heavy atom. The van der Waals surface area contributed by atoms with Gasteiger partial charge in [-0.25, -0.2) is 8.78 Å². The molecule has 0 bridgehead atoms. The second kappa shape index (κ2) is 4.75. The van der Waals surface area contributed by atoms with Gasteiger partial charge in [0, 0.05) is 16.7 Å². The average Bonchev–Trinajstić information content (AvgIpc) is 2.34. The minimum absolute atomic E-state index is 0.0772. The third-order valence-electron chi connectivity index (χ3n) is 2.37. The van der Waals surface area contributed by atoms with Gasteiger partial charge in [0.25, 0.3) is 0 Å². The topological polar surface area (TPSA) is 17.1 Å². The van der Waals surface area contributed by atoms with Crippen LogP contribution in [0.1, 0.15) is 10.4 Å². The van der Waals surface area contributed by atoms with E-state index in [4.69, 9.17) is 0 Å². The van der Waals surface area contributed by atoms with Crippen molar-refractivity contribution in [2.24, 2.45) is 0 Å². The van der Waals surface area contributed by atoms with Crippen molar-refractivity contribution in [3.63, 3.8) is 0 Å². The number of hydrogen-bond donors (Lipinski definition) is 0. The van der Waals surface area contributed by atoms with Crippen LogP contribution in [0.2, 0.25) is 0 Å². The average molecular weight is 297 g/mol. The van der Waals surface area contributed by atoms with E-state index in [0.29, 0.717) is 11.8 Å². The Morgan fingerprint density at radius 3 is 2.53 bits per heavy atom. The first kappa shape index (κ1) is 11.9. The summed E-state index contributed by atoms with van der Waals surface area (Å²) < 4.78 is 27.7. The zero-order valence-electron chi connectivity index (χ0n) is 8.58. The van der Waals surface area contributed by atoms with E-state index in [1.165, 1.54) is 24.3 Å². The predicted octanol–water partition coefficient (Wildman–Crippen LogP) is 4.21. The first-order valence-electron chi connectivity index (χ1n) is 4.82. The highest BCUT2D eigenvalue weighted by molar-refractivity contribution is 9.10. The van der Waals surface area contributed by atoms with Crippen molar-refractivity contribution >= 4 is 22.2 Å². The summed E-state index contributed by atoms with van der Waals surface area (Å²) in [6, 6.07) is 8.43. The van der Waals surface area contributed by atoms with Gasteiger partial charge in [-0.15, -0.1) is 0 Å². The summed E-state index contributed by atoms with van der Waals surface area (Å²) in [6.45, 7) is 0. The van der Waals surface area contributed by atoms with Gasteiger partial charge < -0.3 is 0 Å². The van der Waals surface area contributed by atoms with E-state index >= 15 is 0 Å². The van der Waals surface area contributed by atoms with E-state index in [1.807, 2.05) is 0 Å². The molecule has 4 heteroatoms. The van der Waals surface area contributed by atoms with E-state index in [-0.39, 0.29) is 15.6 Å². The number of halogens is 3. The highest BCUT2D eigenvalue weighted by Crippen LogP contribution is 2.30. The molecule has 0 fully saturated rings. The summed E-state index contributed by atoms with van der Waals surface area (Å²) in [6.07, 6.45) is 0.596. The van der Waals surface area contributed by atoms with Gasteiger partial charge in [0.1, 0.15) is 17.9 Å². The lowest BCUT2D eigenvalue weighted by Crippen LogP contribution is -1.91. The molecule has 17 heavy (non-hydrogen) atoms. The first-order chi connectivity index (χ1) is 8.13. The minimum atomic E-state index is -0.562. The molecule has 0 aromatic heterocycles. The van der Waals surface area contributed by atoms with Crippen molar-refractivity contribution in [2.75, 3.05) is 0 Å². The van der Waals surface area contributed by atoms with E-state index < -0.39 is 11.6 Å². The first-order valence-corrected chi connectivity index (χ1v) is 5.62. The third-order valence-corrected chi connectivity index (χ3v) is 2.98. The monoisotopic (exact) mass is 296 g/mol. The van der Waals surface area contributed by atoms with Crippen LogP contribution in [-0.4, -0.2) is 6.29 Å². The lowest BCUT2D eigenvalue weighted by Gasteiger charge is -2.06. The smallest absolute Gasteiger partial charge is 0.150 e. The largest absolute Gasteiger partial charge is 0.298 e. The fourth-order valence-corrected chi connectivity index (χ4v) is 1.90. The molecule has 0 saturated carbocycles. The number of hydrogen-bond acceptors (Lipinski definition) is 1. The quantitative estimate of drug-likeness (QED) is 0.759. The van der Waals surface area contributed by atoms with Crippen LogP contribution in [0.15, 0.2) is 40.9 Å². The Morgan fingerprint density at radius 1 is 1.06 bits per heavy atom. The van der Waals surface area contributed by atoms with Crippen LogP contribution in [0.4, 0.5) is 8.78 Å².